The van der Waals surface area contributed by atoms with E-state index in [1.807, 2.05) is 28.8 Å². The summed E-state index contributed by atoms with van der Waals surface area (Å²) in [5.41, 5.74) is 2.38. The minimum atomic E-state index is -3.74. The Hall–Kier alpha value is -3.56. The summed E-state index contributed by atoms with van der Waals surface area (Å²) in [5.74, 6) is 0.170. The summed E-state index contributed by atoms with van der Waals surface area (Å²) in [4.78, 5) is 21.9. The lowest BCUT2D eigenvalue weighted by Crippen LogP contribution is -2.36. The van der Waals surface area contributed by atoms with Crippen LogP contribution in [0.4, 0.5) is 5.69 Å². The molecular weight excluding hydrogens is 438 g/mol. The Labute approximate surface area is 192 Å². The van der Waals surface area contributed by atoms with E-state index in [1.54, 1.807) is 36.8 Å². The maximum Gasteiger partial charge on any atom is 0.257 e. The zero-order chi connectivity index (χ0) is 22.8. The van der Waals surface area contributed by atoms with Gasteiger partial charge < -0.3 is 5.32 Å². The van der Waals surface area contributed by atoms with Crippen LogP contribution in [0.25, 0.3) is 16.9 Å². The van der Waals surface area contributed by atoms with Gasteiger partial charge in [-0.2, -0.15) is 4.31 Å². The lowest BCUT2D eigenvalue weighted by Gasteiger charge is -2.26. The Bertz CT molecular complexity index is 1410. The monoisotopic (exact) mass is 461 g/mol. The summed E-state index contributed by atoms with van der Waals surface area (Å²) < 4.78 is 29.7. The average Bonchev–Trinajstić information content (AvgIpc) is 3.29. The molecule has 2 aromatic heterocycles. The van der Waals surface area contributed by atoms with E-state index in [1.165, 1.54) is 16.4 Å². The van der Waals surface area contributed by atoms with Crippen LogP contribution >= 0.6 is 0 Å². The van der Waals surface area contributed by atoms with Crippen molar-refractivity contribution < 1.29 is 13.2 Å². The summed E-state index contributed by atoms with van der Waals surface area (Å²) in [6, 6.07) is 17.6. The molecule has 33 heavy (non-hydrogen) atoms. The van der Waals surface area contributed by atoms with Crippen molar-refractivity contribution in [1.29, 1.82) is 0 Å². The second kappa shape index (κ2) is 8.76. The van der Waals surface area contributed by atoms with Crippen LogP contribution in [-0.2, 0) is 10.0 Å². The van der Waals surface area contributed by atoms with E-state index in [0.717, 1.165) is 30.3 Å². The van der Waals surface area contributed by atoms with E-state index < -0.39 is 15.9 Å². The number of para-hydroxylation sites is 2. The second-order valence-electron chi connectivity index (χ2n) is 7.92. The molecule has 5 rings (SSSR count). The number of amides is 1. The zero-order valence-electron chi connectivity index (χ0n) is 17.9. The molecule has 2 aromatic carbocycles. The SMILES string of the molecule is O=C(Nc1ccc(-n2cnc3ccccc32)nc1)c1ccccc1S(=O)(=O)N1CCCCC1. The highest BCUT2D eigenvalue weighted by atomic mass is 32.2. The fraction of sp³-hybridized carbons (Fsp3) is 0.208. The van der Waals surface area contributed by atoms with E-state index in [4.69, 9.17) is 0 Å². The molecule has 0 atom stereocenters. The number of rotatable bonds is 5. The lowest BCUT2D eigenvalue weighted by molar-refractivity contribution is 0.102. The third kappa shape index (κ3) is 4.12. The topological polar surface area (TPSA) is 97.2 Å². The van der Waals surface area contributed by atoms with Crippen molar-refractivity contribution in [1.82, 2.24) is 18.8 Å². The third-order valence-corrected chi connectivity index (χ3v) is 7.73. The Morgan fingerprint density at radius 2 is 1.64 bits per heavy atom. The van der Waals surface area contributed by atoms with E-state index in [-0.39, 0.29) is 10.5 Å². The molecule has 0 saturated carbocycles. The molecule has 9 heteroatoms. The van der Waals surface area contributed by atoms with Gasteiger partial charge in [0.25, 0.3) is 5.91 Å². The quantitative estimate of drug-likeness (QED) is 0.487. The molecule has 0 radical (unpaired) electrons. The Morgan fingerprint density at radius 1 is 0.879 bits per heavy atom. The first-order valence-electron chi connectivity index (χ1n) is 10.8. The number of carbonyl (C=O) groups excluding carboxylic acids is 1. The van der Waals surface area contributed by atoms with Crippen LogP contribution in [0.2, 0.25) is 0 Å². The van der Waals surface area contributed by atoms with Gasteiger partial charge in [0, 0.05) is 13.1 Å². The fourth-order valence-electron chi connectivity index (χ4n) is 4.07. The van der Waals surface area contributed by atoms with Gasteiger partial charge in [-0.25, -0.2) is 18.4 Å². The molecule has 4 aromatic rings. The van der Waals surface area contributed by atoms with Crippen molar-refractivity contribution in [3.05, 3.63) is 78.8 Å². The van der Waals surface area contributed by atoms with Crippen molar-refractivity contribution in [3.8, 4) is 5.82 Å². The van der Waals surface area contributed by atoms with Crippen LogP contribution in [0.3, 0.4) is 0 Å². The first-order chi connectivity index (χ1) is 16.0. The molecule has 168 valence electrons. The molecule has 1 fully saturated rings. The number of pyridine rings is 1. The summed E-state index contributed by atoms with van der Waals surface area (Å²) >= 11 is 0. The second-order valence-corrected chi connectivity index (χ2v) is 9.83. The lowest BCUT2D eigenvalue weighted by atomic mass is 10.2. The molecule has 0 bridgehead atoms. The van der Waals surface area contributed by atoms with Crippen LogP contribution < -0.4 is 5.32 Å². The maximum absolute atomic E-state index is 13.2. The Balaban J connectivity index is 1.38. The minimum absolute atomic E-state index is 0.0267. The number of hydrogen-bond acceptors (Lipinski definition) is 5. The van der Waals surface area contributed by atoms with Crippen molar-refractivity contribution >= 4 is 32.7 Å². The largest absolute Gasteiger partial charge is 0.321 e. The van der Waals surface area contributed by atoms with Gasteiger partial charge in [0.2, 0.25) is 10.0 Å². The first kappa shape index (κ1) is 21.3. The van der Waals surface area contributed by atoms with Crippen LogP contribution in [0, 0.1) is 0 Å². The highest BCUT2D eigenvalue weighted by molar-refractivity contribution is 7.89. The number of benzene rings is 2. The zero-order valence-corrected chi connectivity index (χ0v) is 18.7. The molecule has 1 aliphatic rings. The fourth-order valence-corrected chi connectivity index (χ4v) is 5.77. The average molecular weight is 462 g/mol. The highest BCUT2D eigenvalue weighted by Crippen LogP contribution is 2.24. The number of sulfonamides is 1. The van der Waals surface area contributed by atoms with Gasteiger partial charge >= 0.3 is 0 Å². The number of fused-ring (bicyclic) bond motifs is 1. The van der Waals surface area contributed by atoms with Gasteiger partial charge in [-0.1, -0.05) is 30.7 Å². The van der Waals surface area contributed by atoms with Gasteiger partial charge in [-0.3, -0.25) is 9.36 Å². The predicted octanol–water partition coefficient (Wildman–Crippen LogP) is 3.85. The molecule has 8 nitrogen and oxygen atoms in total. The van der Waals surface area contributed by atoms with Gasteiger partial charge in [0.15, 0.2) is 0 Å². The summed E-state index contributed by atoms with van der Waals surface area (Å²) in [6.45, 7) is 0.958. The summed E-state index contributed by atoms with van der Waals surface area (Å²) in [7, 11) is -3.74. The van der Waals surface area contributed by atoms with Crippen molar-refractivity contribution in [2.45, 2.75) is 24.2 Å². The molecular formula is C24H23N5O3S. The maximum atomic E-state index is 13.2. The number of aromatic nitrogens is 3. The summed E-state index contributed by atoms with van der Waals surface area (Å²) in [5, 5.41) is 2.77. The molecule has 1 N–H and O–H groups in total. The van der Waals surface area contributed by atoms with E-state index in [2.05, 4.69) is 15.3 Å². The molecule has 0 aliphatic carbocycles. The number of nitrogens with zero attached hydrogens (tertiary/aromatic N) is 4. The Kier molecular flexibility index (Phi) is 5.65. The third-order valence-electron chi connectivity index (χ3n) is 5.77. The van der Waals surface area contributed by atoms with E-state index in [9.17, 15) is 13.2 Å². The van der Waals surface area contributed by atoms with E-state index >= 15 is 0 Å². The first-order valence-corrected chi connectivity index (χ1v) is 12.3. The smallest absolute Gasteiger partial charge is 0.257 e. The van der Waals surface area contributed by atoms with Crippen molar-refractivity contribution in [2.75, 3.05) is 18.4 Å². The molecule has 1 saturated heterocycles. The summed E-state index contributed by atoms with van der Waals surface area (Å²) in [6.07, 6.45) is 5.93. The number of nitrogens with one attached hydrogen (secondary N) is 1. The number of hydrogen-bond donors (Lipinski definition) is 1. The van der Waals surface area contributed by atoms with Gasteiger partial charge in [0.05, 0.1) is 33.4 Å². The number of carbonyl (C=O) groups is 1. The van der Waals surface area contributed by atoms with Crippen molar-refractivity contribution in [2.24, 2.45) is 0 Å². The molecule has 0 unspecified atom stereocenters. The molecule has 1 aliphatic heterocycles. The Morgan fingerprint density at radius 3 is 2.42 bits per heavy atom. The predicted molar refractivity (Wildman–Crippen MR) is 126 cm³/mol. The standard InChI is InChI=1S/C24H23N5O3S/c30-24(19-8-2-5-11-22(19)33(31,32)28-14-6-1-7-15-28)27-18-12-13-23(25-16-18)29-17-26-20-9-3-4-10-21(20)29/h2-5,8-13,16-17H,1,6-7,14-15H2,(H,27,30). The van der Waals surface area contributed by atoms with Gasteiger partial charge in [0.1, 0.15) is 12.1 Å². The van der Waals surface area contributed by atoms with Crippen LogP contribution in [-0.4, -0.2) is 46.3 Å². The molecule has 3 heterocycles. The number of imidazole rings is 1. The minimum Gasteiger partial charge on any atom is -0.321 e. The normalized spacial score (nSPS) is 14.9. The van der Waals surface area contributed by atoms with Gasteiger partial charge in [-0.15, -0.1) is 0 Å². The number of piperidine rings is 1. The highest BCUT2D eigenvalue weighted by Gasteiger charge is 2.29. The van der Waals surface area contributed by atoms with Gasteiger partial charge in [-0.05, 0) is 49.2 Å². The van der Waals surface area contributed by atoms with Crippen LogP contribution in [0.15, 0.2) is 78.1 Å². The van der Waals surface area contributed by atoms with Crippen LogP contribution in [0.5, 0.6) is 0 Å². The van der Waals surface area contributed by atoms with E-state index in [0.29, 0.717) is 24.6 Å². The van der Waals surface area contributed by atoms with Crippen molar-refractivity contribution in [3.63, 3.8) is 0 Å². The van der Waals surface area contributed by atoms with Crippen LogP contribution in [0.1, 0.15) is 29.6 Å². The number of anilines is 1. The molecule has 0 spiro atoms. The molecule has 1 amide bonds.